The van der Waals surface area contributed by atoms with Gasteiger partial charge in [-0.3, -0.25) is 0 Å². The fourth-order valence-electron chi connectivity index (χ4n) is 2.79. The summed E-state index contributed by atoms with van der Waals surface area (Å²) in [6, 6.07) is 15.1. The summed E-state index contributed by atoms with van der Waals surface area (Å²) in [5.74, 6) is 0.969. The van der Waals surface area contributed by atoms with Gasteiger partial charge in [0.2, 0.25) is 0 Å². The molecule has 0 radical (unpaired) electrons. The Labute approximate surface area is 170 Å². The van der Waals surface area contributed by atoms with Gasteiger partial charge in [0.25, 0.3) is 0 Å². The van der Waals surface area contributed by atoms with Crippen molar-refractivity contribution in [2.45, 2.75) is 41.9 Å². The summed E-state index contributed by atoms with van der Waals surface area (Å²) in [6.07, 6.45) is 1.72. The number of allylic oxidation sites excluding steroid dienone is 1. The molecule has 146 valence electrons. The Morgan fingerprint density at radius 1 is 1.07 bits per heavy atom. The highest BCUT2D eigenvalue weighted by molar-refractivity contribution is 7.98. The van der Waals surface area contributed by atoms with E-state index in [0.717, 1.165) is 11.3 Å². The third-order valence-electron chi connectivity index (χ3n) is 4.25. The van der Waals surface area contributed by atoms with Gasteiger partial charge in [0.05, 0.1) is 4.90 Å². The summed E-state index contributed by atoms with van der Waals surface area (Å²) >= 11 is 1.54. The van der Waals surface area contributed by atoms with Crippen molar-refractivity contribution < 1.29 is 8.42 Å². The molecule has 0 saturated heterocycles. The Bertz CT molecular complexity index is 1070. The normalized spacial score (nSPS) is 11.5. The smallest absolute Gasteiger partial charge is 0.191 e. The molecule has 0 bridgehead atoms. The molecule has 3 aromatic rings. The predicted octanol–water partition coefficient (Wildman–Crippen LogP) is 4.35. The van der Waals surface area contributed by atoms with Crippen LogP contribution in [0, 0.1) is 13.8 Å². The van der Waals surface area contributed by atoms with Gasteiger partial charge >= 0.3 is 0 Å². The molecular weight excluding hydrogens is 390 g/mol. The van der Waals surface area contributed by atoms with E-state index in [-0.39, 0.29) is 5.75 Å². The number of rotatable bonds is 8. The first-order valence-corrected chi connectivity index (χ1v) is 11.5. The second kappa shape index (κ2) is 8.75. The lowest BCUT2D eigenvalue weighted by atomic mass is 10.2. The molecule has 2 aromatic carbocycles. The lowest BCUT2D eigenvalue weighted by molar-refractivity contribution is 0.590. The average molecular weight is 414 g/mol. The number of benzene rings is 2. The molecule has 0 aliphatic heterocycles. The third-order valence-corrected chi connectivity index (χ3v) is 6.92. The maximum Gasteiger partial charge on any atom is 0.191 e. The van der Waals surface area contributed by atoms with E-state index in [9.17, 15) is 8.42 Å². The van der Waals surface area contributed by atoms with Crippen LogP contribution in [0.1, 0.15) is 22.5 Å². The Morgan fingerprint density at radius 3 is 2.50 bits per heavy atom. The monoisotopic (exact) mass is 413 g/mol. The molecule has 0 aliphatic rings. The number of nitrogens with zero attached hydrogens (tertiary/aromatic N) is 3. The van der Waals surface area contributed by atoms with E-state index >= 15 is 0 Å². The first-order chi connectivity index (χ1) is 13.4. The van der Waals surface area contributed by atoms with Crippen LogP contribution < -0.4 is 0 Å². The van der Waals surface area contributed by atoms with Gasteiger partial charge in [0.1, 0.15) is 11.6 Å². The Hall–Kier alpha value is -2.38. The number of sulfone groups is 1. The zero-order valence-electron chi connectivity index (χ0n) is 16.0. The number of aryl methyl sites for hydroxylation is 2. The highest BCUT2D eigenvalue weighted by atomic mass is 32.2. The van der Waals surface area contributed by atoms with Crippen molar-refractivity contribution in [3.8, 4) is 0 Å². The highest BCUT2D eigenvalue weighted by Crippen LogP contribution is 2.24. The largest absolute Gasteiger partial charge is 0.301 e. The number of hydrogen-bond acceptors (Lipinski definition) is 5. The summed E-state index contributed by atoms with van der Waals surface area (Å²) in [5.41, 5.74) is 3.41. The Morgan fingerprint density at radius 2 is 1.82 bits per heavy atom. The van der Waals surface area contributed by atoms with E-state index < -0.39 is 9.84 Å². The summed E-state index contributed by atoms with van der Waals surface area (Å²) in [4.78, 5) is 0.292. The molecule has 0 aliphatic carbocycles. The molecule has 0 atom stereocenters. The van der Waals surface area contributed by atoms with Crippen molar-refractivity contribution in [3.05, 3.63) is 83.7 Å². The maximum atomic E-state index is 12.8. The minimum atomic E-state index is -3.50. The topological polar surface area (TPSA) is 64.8 Å². The quantitative estimate of drug-likeness (QED) is 0.406. The van der Waals surface area contributed by atoms with Crippen LogP contribution >= 0.6 is 11.8 Å². The molecule has 1 heterocycles. The second-order valence-electron chi connectivity index (χ2n) is 6.65. The molecule has 5 nitrogen and oxygen atoms in total. The van der Waals surface area contributed by atoms with Crippen LogP contribution in [0.5, 0.6) is 0 Å². The fraction of sp³-hybridized carbons (Fsp3) is 0.238. The third kappa shape index (κ3) is 4.91. The van der Waals surface area contributed by atoms with Gasteiger partial charge in [-0.15, -0.1) is 16.8 Å². The molecule has 0 saturated carbocycles. The van der Waals surface area contributed by atoms with Gasteiger partial charge in [-0.1, -0.05) is 65.4 Å². The number of aromatic nitrogens is 3. The Balaban J connectivity index is 1.81. The van der Waals surface area contributed by atoms with E-state index in [1.807, 2.05) is 17.6 Å². The molecule has 28 heavy (non-hydrogen) atoms. The first kappa shape index (κ1) is 20.4. The minimum absolute atomic E-state index is 0.193. The molecule has 0 N–H and O–H groups in total. The first-order valence-electron chi connectivity index (χ1n) is 8.90. The van der Waals surface area contributed by atoms with Gasteiger partial charge in [0, 0.05) is 12.3 Å². The zero-order valence-corrected chi connectivity index (χ0v) is 17.6. The van der Waals surface area contributed by atoms with Crippen molar-refractivity contribution in [1.82, 2.24) is 14.8 Å². The van der Waals surface area contributed by atoms with Crippen LogP contribution in [-0.4, -0.2) is 23.2 Å². The lowest BCUT2D eigenvalue weighted by Crippen LogP contribution is -2.11. The molecule has 1 aromatic heterocycles. The molecule has 0 fully saturated rings. The zero-order chi connectivity index (χ0) is 20.1. The standard InChI is InChI=1S/C21H23N3O2S2/c1-4-12-24-20(15-28(25,26)19-10-8-16(2)9-11-19)22-23-21(24)27-14-18-7-5-6-17(3)13-18/h4-11,13H,1,12,14-15H2,2-3H3. The molecule has 0 amide bonds. The van der Waals surface area contributed by atoms with Gasteiger partial charge in [-0.05, 0) is 31.5 Å². The molecule has 7 heteroatoms. The van der Waals surface area contributed by atoms with Crippen LogP contribution in [0.2, 0.25) is 0 Å². The molecular formula is C21H23N3O2S2. The summed E-state index contributed by atoms with van der Waals surface area (Å²) in [5, 5.41) is 9.08. The van der Waals surface area contributed by atoms with Gasteiger partial charge in [-0.2, -0.15) is 0 Å². The lowest BCUT2D eigenvalue weighted by Gasteiger charge is -2.09. The van der Waals surface area contributed by atoms with Crippen LogP contribution in [0.25, 0.3) is 0 Å². The summed E-state index contributed by atoms with van der Waals surface area (Å²) in [6.45, 7) is 8.22. The number of thioether (sulfide) groups is 1. The van der Waals surface area contributed by atoms with Crippen LogP contribution in [-0.2, 0) is 27.9 Å². The van der Waals surface area contributed by atoms with Gasteiger partial charge in [0.15, 0.2) is 15.0 Å². The van der Waals surface area contributed by atoms with E-state index in [1.54, 1.807) is 42.1 Å². The van der Waals surface area contributed by atoms with E-state index in [4.69, 9.17) is 0 Å². The van der Waals surface area contributed by atoms with Crippen molar-refractivity contribution in [2.24, 2.45) is 0 Å². The maximum absolute atomic E-state index is 12.8. The van der Waals surface area contributed by atoms with E-state index in [1.165, 1.54) is 11.1 Å². The molecule has 0 unspecified atom stereocenters. The summed E-state index contributed by atoms with van der Waals surface area (Å²) < 4.78 is 27.4. The van der Waals surface area contributed by atoms with E-state index in [2.05, 4.69) is 41.9 Å². The van der Waals surface area contributed by atoms with Crippen molar-refractivity contribution in [3.63, 3.8) is 0 Å². The van der Waals surface area contributed by atoms with Crippen LogP contribution in [0.4, 0.5) is 0 Å². The van der Waals surface area contributed by atoms with Crippen molar-refractivity contribution in [1.29, 1.82) is 0 Å². The van der Waals surface area contributed by atoms with Crippen molar-refractivity contribution >= 4 is 21.6 Å². The van der Waals surface area contributed by atoms with Gasteiger partial charge < -0.3 is 4.57 Å². The highest BCUT2D eigenvalue weighted by Gasteiger charge is 2.21. The predicted molar refractivity (Wildman–Crippen MR) is 113 cm³/mol. The number of hydrogen-bond donors (Lipinski definition) is 0. The van der Waals surface area contributed by atoms with Crippen molar-refractivity contribution in [2.75, 3.05) is 0 Å². The molecule has 0 spiro atoms. The van der Waals surface area contributed by atoms with Crippen LogP contribution in [0.3, 0.4) is 0 Å². The molecule has 3 rings (SSSR count). The summed E-state index contributed by atoms with van der Waals surface area (Å²) in [7, 11) is -3.50. The second-order valence-corrected chi connectivity index (χ2v) is 9.58. The minimum Gasteiger partial charge on any atom is -0.301 e. The van der Waals surface area contributed by atoms with E-state index in [0.29, 0.717) is 22.4 Å². The van der Waals surface area contributed by atoms with Crippen LogP contribution in [0.15, 0.2) is 71.2 Å². The van der Waals surface area contributed by atoms with Gasteiger partial charge in [-0.25, -0.2) is 8.42 Å². The SMILES string of the molecule is C=CCn1c(CS(=O)(=O)c2ccc(C)cc2)nnc1SCc1cccc(C)c1. The fourth-order valence-corrected chi connectivity index (χ4v) is 4.97. The Kier molecular flexibility index (Phi) is 6.36. The average Bonchev–Trinajstić information content (AvgIpc) is 3.02.